The van der Waals surface area contributed by atoms with E-state index in [2.05, 4.69) is 4.99 Å². The molecule has 0 aliphatic rings. The lowest BCUT2D eigenvalue weighted by Crippen LogP contribution is -2.21. The molecule has 1 N–H and O–H groups in total. The van der Waals surface area contributed by atoms with Gasteiger partial charge in [0, 0.05) is 6.21 Å². The van der Waals surface area contributed by atoms with Crippen molar-refractivity contribution in [3.05, 3.63) is 35.9 Å². The summed E-state index contributed by atoms with van der Waals surface area (Å²) in [5, 5.41) is 8.96. The highest BCUT2D eigenvalue weighted by atomic mass is 16.3. The summed E-state index contributed by atoms with van der Waals surface area (Å²) in [6.07, 6.45) is 1.79. The van der Waals surface area contributed by atoms with Gasteiger partial charge in [-0.3, -0.25) is 4.99 Å². The number of nitrogens with zero attached hydrogens (tertiary/aromatic N) is 1. The maximum Gasteiger partial charge on any atom is 0.0782 e. The molecule has 0 aliphatic heterocycles. The number of benzene rings is 1. The highest BCUT2D eigenvalue weighted by Crippen LogP contribution is 2.07. The lowest BCUT2D eigenvalue weighted by atomic mass is 10.1. The molecule has 13 heavy (non-hydrogen) atoms. The van der Waals surface area contributed by atoms with Crippen molar-refractivity contribution in [2.24, 2.45) is 4.99 Å². The SMILES string of the molecule is CC(C)(CO)N=Cc1ccccc1. The molecule has 0 atom stereocenters. The van der Waals surface area contributed by atoms with Crippen LogP contribution in [0.25, 0.3) is 0 Å². The lowest BCUT2D eigenvalue weighted by molar-refractivity contribution is 0.223. The van der Waals surface area contributed by atoms with Gasteiger partial charge in [-0.2, -0.15) is 0 Å². The monoisotopic (exact) mass is 177 g/mol. The van der Waals surface area contributed by atoms with Crippen LogP contribution in [-0.4, -0.2) is 23.5 Å². The number of hydrogen-bond donors (Lipinski definition) is 1. The third-order valence-corrected chi connectivity index (χ3v) is 1.75. The minimum absolute atomic E-state index is 0.0658. The third-order valence-electron chi connectivity index (χ3n) is 1.75. The van der Waals surface area contributed by atoms with Gasteiger partial charge < -0.3 is 5.11 Å². The highest BCUT2D eigenvalue weighted by molar-refractivity contribution is 5.79. The quantitative estimate of drug-likeness (QED) is 0.702. The van der Waals surface area contributed by atoms with Gasteiger partial charge >= 0.3 is 0 Å². The molecule has 0 spiro atoms. The molecule has 1 aromatic rings. The van der Waals surface area contributed by atoms with E-state index in [1.807, 2.05) is 44.2 Å². The Morgan fingerprint density at radius 2 is 1.92 bits per heavy atom. The molecular formula is C11H15NO. The summed E-state index contributed by atoms with van der Waals surface area (Å²) in [5.74, 6) is 0. The van der Waals surface area contributed by atoms with E-state index < -0.39 is 0 Å². The van der Waals surface area contributed by atoms with Crippen molar-refractivity contribution in [3.8, 4) is 0 Å². The zero-order valence-corrected chi connectivity index (χ0v) is 8.07. The van der Waals surface area contributed by atoms with Gasteiger partial charge in [-0.25, -0.2) is 0 Å². The smallest absolute Gasteiger partial charge is 0.0782 e. The predicted octanol–water partition coefficient (Wildman–Crippen LogP) is 1.88. The fraction of sp³-hybridized carbons (Fsp3) is 0.364. The summed E-state index contributed by atoms with van der Waals surface area (Å²) in [6.45, 7) is 3.86. The minimum atomic E-state index is -0.379. The Labute approximate surface area is 78.9 Å². The fourth-order valence-corrected chi connectivity index (χ4v) is 0.829. The van der Waals surface area contributed by atoms with Gasteiger partial charge in [0.1, 0.15) is 0 Å². The Balaban J connectivity index is 2.69. The van der Waals surface area contributed by atoms with Gasteiger partial charge in [0.25, 0.3) is 0 Å². The molecule has 0 fully saturated rings. The van der Waals surface area contributed by atoms with E-state index in [0.29, 0.717) is 0 Å². The molecule has 1 rings (SSSR count). The van der Waals surface area contributed by atoms with Crippen molar-refractivity contribution in [1.29, 1.82) is 0 Å². The second-order valence-electron chi connectivity index (χ2n) is 3.64. The Kier molecular flexibility index (Phi) is 3.20. The summed E-state index contributed by atoms with van der Waals surface area (Å²) in [4.78, 5) is 4.27. The van der Waals surface area contributed by atoms with Crippen molar-refractivity contribution in [1.82, 2.24) is 0 Å². The molecule has 1 aromatic carbocycles. The van der Waals surface area contributed by atoms with Crippen LogP contribution in [0.2, 0.25) is 0 Å². The van der Waals surface area contributed by atoms with Crippen LogP contribution in [0.15, 0.2) is 35.3 Å². The summed E-state index contributed by atoms with van der Waals surface area (Å²) in [6, 6.07) is 9.86. The van der Waals surface area contributed by atoms with Gasteiger partial charge in [-0.05, 0) is 19.4 Å². The first-order chi connectivity index (χ1) is 6.14. The summed E-state index contributed by atoms with van der Waals surface area (Å²) >= 11 is 0. The van der Waals surface area contributed by atoms with E-state index in [9.17, 15) is 0 Å². The van der Waals surface area contributed by atoms with Crippen molar-refractivity contribution in [2.45, 2.75) is 19.4 Å². The first-order valence-electron chi connectivity index (χ1n) is 4.35. The van der Waals surface area contributed by atoms with Crippen molar-refractivity contribution >= 4 is 6.21 Å². The average Bonchev–Trinajstić information content (AvgIpc) is 2.17. The molecule has 0 radical (unpaired) electrons. The Bertz CT molecular complexity index is 277. The maximum atomic E-state index is 8.96. The molecule has 0 unspecified atom stereocenters. The number of aliphatic hydroxyl groups excluding tert-OH is 1. The molecule has 0 amide bonds. The van der Waals surface area contributed by atoms with Gasteiger partial charge in [-0.15, -0.1) is 0 Å². The number of aliphatic hydroxyl groups is 1. The largest absolute Gasteiger partial charge is 0.394 e. The molecule has 0 heterocycles. The second-order valence-corrected chi connectivity index (χ2v) is 3.64. The number of rotatable bonds is 3. The molecule has 0 saturated heterocycles. The van der Waals surface area contributed by atoms with Crippen LogP contribution in [0.4, 0.5) is 0 Å². The average molecular weight is 177 g/mol. The molecule has 2 heteroatoms. The molecule has 70 valence electrons. The molecular weight excluding hydrogens is 162 g/mol. The second kappa shape index (κ2) is 4.19. The van der Waals surface area contributed by atoms with E-state index in [1.165, 1.54) is 0 Å². The number of hydrogen-bond acceptors (Lipinski definition) is 2. The molecule has 0 aromatic heterocycles. The van der Waals surface area contributed by atoms with Gasteiger partial charge in [0.2, 0.25) is 0 Å². The zero-order chi connectivity index (χ0) is 9.73. The van der Waals surface area contributed by atoms with E-state index in [4.69, 9.17) is 5.11 Å². The van der Waals surface area contributed by atoms with Crippen molar-refractivity contribution < 1.29 is 5.11 Å². The molecule has 0 bridgehead atoms. The van der Waals surface area contributed by atoms with Crippen LogP contribution < -0.4 is 0 Å². The Hall–Kier alpha value is -1.15. The zero-order valence-electron chi connectivity index (χ0n) is 8.07. The fourth-order valence-electron chi connectivity index (χ4n) is 0.829. The van der Waals surface area contributed by atoms with Gasteiger partial charge in [0.05, 0.1) is 12.1 Å². The van der Waals surface area contributed by atoms with Gasteiger partial charge in [-0.1, -0.05) is 30.3 Å². The van der Waals surface area contributed by atoms with Crippen LogP contribution in [0.1, 0.15) is 19.4 Å². The molecule has 0 saturated carbocycles. The maximum absolute atomic E-state index is 8.96. The lowest BCUT2D eigenvalue weighted by Gasteiger charge is -2.14. The van der Waals surface area contributed by atoms with Crippen LogP contribution in [0.5, 0.6) is 0 Å². The predicted molar refractivity (Wildman–Crippen MR) is 55.2 cm³/mol. The first kappa shape index (κ1) is 9.93. The first-order valence-corrected chi connectivity index (χ1v) is 4.35. The topological polar surface area (TPSA) is 32.6 Å². The Morgan fingerprint density at radius 1 is 1.31 bits per heavy atom. The van der Waals surface area contributed by atoms with Gasteiger partial charge in [0.15, 0.2) is 0 Å². The summed E-state index contributed by atoms with van der Waals surface area (Å²) < 4.78 is 0. The molecule has 0 aliphatic carbocycles. The minimum Gasteiger partial charge on any atom is -0.394 e. The number of aliphatic imine (C=N–C) groups is 1. The summed E-state index contributed by atoms with van der Waals surface area (Å²) in [7, 11) is 0. The van der Waals surface area contributed by atoms with E-state index in [-0.39, 0.29) is 12.1 Å². The van der Waals surface area contributed by atoms with Crippen molar-refractivity contribution in [3.63, 3.8) is 0 Å². The highest BCUT2D eigenvalue weighted by Gasteiger charge is 2.12. The third kappa shape index (κ3) is 3.38. The van der Waals surface area contributed by atoms with Crippen LogP contribution in [-0.2, 0) is 0 Å². The standard InChI is InChI=1S/C11H15NO/c1-11(2,9-13)12-8-10-6-4-3-5-7-10/h3-8,13H,9H2,1-2H3. The van der Waals surface area contributed by atoms with Crippen LogP contribution >= 0.6 is 0 Å². The van der Waals surface area contributed by atoms with Crippen LogP contribution in [0, 0.1) is 0 Å². The Morgan fingerprint density at radius 3 is 2.46 bits per heavy atom. The van der Waals surface area contributed by atoms with E-state index in [1.54, 1.807) is 6.21 Å². The van der Waals surface area contributed by atoms with Crippen molar-refractivity contribution in [2.75, 3.05) is 6.61 Å². The molecule has 2 nitrogen and oxygen atoms in total. The normalized spacial score (nSPS) is 12.2. The van der Waals surface area contributed by atoms with E-state index in [0.717, 1.165) is 5.56 Å². The van der Waals surface area contributed by atoms with Crippen LogP contribution in [0.3, 0.4) is 0 Å². The van der Waals surface area contributed by atoms with E-state index >= 15 is 0 Å². The summed E-state index contributed by atoms with van der Waals surface area (Å²) in [5.41, 5.74) is 0.680.